The Labute approximate surface area is 144 Å². The fraction of sp³-hybridized carbons (Fsp3) is 0.357. The summed E-state index contributed by atoms with van der Waals surface area (Å²) in [5.74, 6) is -1.06. The van der Waals surface area contributed by atoms with Gasteiger partial charge in [0.1, 0.15) is 5.82 Å². The Morgan fingerprint density at radius 1 is 1.35 bits per heavy atom. The summed E-state index contributed by atoms with van der Waals surface area (Å²) in [7, 11) is 0. The van der Waals surface area contributed by atoms with Gasteiger partial charge in [-0.25, -0.2) is 4.99 Å². The Bertz CT molecular complexity index is 700. The van der Waals surface area contributed by atoms with Crippen molar-refractivity contribution in [3.63, 3.8) is 0 Å². The van der Waals surface area contributed by atoms with Gasteiger partial charge in [-0.2, -0.15) is 13.2 Å². The third kappa shape index (κ3) is 3.64. The predicted molar refractivity (Wildman–Crippen MR) is 85.7 cm³/mol. The van der Waals surface area contributed by atoms with Gasteiger partial charge in [0, 0.05) is 22.3 Å². The van der Waals surface area contributed by atoms with Gasteiger partial charge in [-0.05, 0) is 31.0 Å². The first-order chi connectivity index (χ1) is 10.7. The summed E-state index contributed by atoms with van der Waals surface area (Å²) < 4.78 is 39.3. The number of hydrogen-bond acceptors (Lipinski definition) is 4. The van der Waals surface area contributed by atoms with Crippen LogP contribution in [-0.4, -0.2) is 12.3 Å². The van der Waals surface area contributed by atoms with E-state index in [-0.39, 0.29) is 10.0 Å². The predicted octanol–water partition coefficient (Wildman–Crippen LogP) is 3.37. The first-order valence-electron chi connectivity index (χ1n) is 6.84. The highest BCUT2D eigenvalue weighted by Gasteiger charge is 2.37. The van der Waals surface area contributed by atoms with Crippen molar-refractivity contribution in [3.05, 3.63) is 44.7 Å². The van der Waals surface area contributed by atoms with E-state index >= 15 is 0 Å². The van der Waals surface area contributed by atoms with Crippen LogP contribution in [0.5, 0.6) is 0 Å². The van der Waals surface area contributed by atoms with Crippen LogP contribution in [0.25, 0.3) is 0 Å². The molecule has 1 heterocycles. The number of halogens is 5. The van der Waals surface area contributed by atoms with Crippen molar-refractivity contribution in [2.75, 3.05) is 0 Å². The lowest BCUT2D eigenvalue weighted by Gasteiger charge is -2.33. The van der Waals surface area contributed by atoms with E-state index in [1.54, 1.807) is 0 Å². The molecule has 1 atom stereocenters. The van der Waals surface area contributed by atoms with Crippen LogP contribution >= 0.6 is 27.5 Å². The van der Waals surface area contributed by atoms with E-state index in [2.05, 4.69) is 31.6 Å². The molecule has 0 aromatic heterocycles. The molecule has 0 spiro atoms. The van der Waals surface area contributed by atoms with Gasteiger partial charge in [0.25, 0.3) is 0 Å². The second-order valence-corrected chi connectivity index (χ2v) is 6.84. The first-order valence-corrected chi connectivity index (χ1v) is 8.01. The molecule has 0 saturated heterocycles. The van der Waals surface area contributed by atoms with Crippen LogP contribution in [0.4, 0.5) is 13.2 Å². The van der Waals surface area contributed by atoms with Gasteiger partial charge < -0.3 is 10.6 Å². The average Bonchev–Trinajstić information content (AvgIpc) is 3.25. The van der Waals surface area contributed by atoms with Gasteiger partial charge in [-0.1, -0.05) is 27.5 Å². The van der Waals surface area contributed by atoms with Crippen LogP contribution < -0.4 is 16.4 Å². The minimum absolute atomic E-state index is 0.176. The van der Waals surface area contributed by atoms with Crippen LogP contribution in [0.3, 0.4) is 0 Å². The molecule has 1 aromatic rings. The smallest absolute Gasteiger partial charge is 0.368 e. The Kier molecular flexibility index (Phi) is 4.10. The number of allylic oxidation sites excluding steroid dienone is 1. The lowest BCUT2D eigenvalue weighted by Crippen LogP contribution is -2.53. The molecule has 4 nitrogen and oxygen atoms in total. The van der Waals surface area contributed by atoms with Crippen LogP contribution in [0, 0.1) is 0 Å². The highest BCUT2D eigenvalue weighted by molar-refractivity contribution is 9.10. The van der Waals surface area contributed by atoms with Crippen molar-refractivity contribution < 1.29 is 13.2 Å². The maximum Gasteiger partial charge on any atom is 0.416 e. The van der Waals surface area contributed by atoms with Crippen molar-refractivity contribution in [2.24, 2.45) is 10.7 Å². The second-order valence-electron chi connectivity index (χ2n) is 5.52. The summed E-state index contributed by atoms with van der Waals surface area (Å²) >= 11 is 9.15. The van der Waals surface area contributed by atoms with E-state index in [4.69, 9.17) is 17.3 Å². The maximum absolute atomic E-state index is 13.0. The number of aliphatic imine (C=N–C) groups is 1. The standard InChI is InChI=1S/C14H13BrClF3N4/c15-9-4-7(13(17,18)19)3-8(5-9)14(20)21-6-11(16)12(23-14)22-10-1-2-10/h3-6,10,22-23H,1-2,20H2. The molecule has 1 aromatic carbocycles. The molecule has 0 amide bonds. The number of alkyl halides is 3. The molecule has 23 heavy (non-hydrogen) atoms. The lowest BCUT2D eigenvalue weighted by atomic mass is 10.0. The Morgan fingerprint density at radius 2 is 2.04 bits per heavy atom. The van der Waals surface area contributed by atoms with Crippen LogP contribution in [0.2, 0.25) is 0 Å². The zero-order valence-corrected chi connectivity index (χ0v) is 14.1. The molecule has 2 aliphatic rings. The molecule has 1 unspecified atom stereocenters. The minimum Gasteiger partial charge on any atom is -0.368 e. The number of rotatable bonds is 3. The Balaban J connectivity index is 1.94. The van der Waals surface area contributed by atoms with E-state index in [0.29, 0.717) is 16.9 Å². The molecule has 0 bridgehead atoms. The number of nitrogens with one attached hydrogen (secondary N) is 2. The molecular weight excluding hydrogens is 397 g/mol. The summed E-state index contributed by atoms with van der Waals surface area (Å²) in [5, 5.41) is 6.40. The Morgan fingerprint density at radius 3 is 2.65 bits per heavy atom. The molecule has 0 radical (unpaired) electrons. The van der Waals surface area contributed by atoms with Crippen LogP contribution in [0.1, 0.15) is 24.0 Å². The number of nitrogens with two attached hydrogens (primary N) is 1. The molecular formula is C14H13BrClF3N4. The molecule has 1 aliphatic carbocycles. The van der Waals surface area contributed by atoms with Gasteiger partial charge in [0.15, 0.2) is 0 Å². The van der Waals surface area contributed by atoms with Crippen molar-refractivity contribution in [3.8, 4) is 0 Å². The van der Waals surface area contributed by atoms with Gasteiger partial charge >= 0.3 is 6.18 Å². The fourth-order valence-corrected chi connectivity index (χ4v) is 2.81. The second kappa shape index (κ2) is 5.68. The fourth-order valence-electron chi connectivity index (χ4n) is 2.16. The maximum atomic E-state index is 13.0. The SMILES string of the molecule is NC1(c2cc(Br)cc(C(F)(F)F)c2)N=CC(Cl)=C(NC2CC2)N1. The van der Waals surface area contributed by atoms with E-state index < -0.39 is 17.5 Å². The quantitative estimate of drug-likeness (QED) is 0.717. The molecule has 4 N–H and O–H groups in total. The van der Waals surface area contributed by atoms with Gasteiger partial charge in [-0.15, -0.1) is 0 Å². The zero-order valence-electron chi connectivity index (χ0n) is 11.7. The van der Waals surface area contributed by atoms with Crippen molar-refractivity contribution in [2.45, 2.75) is 30.8 Å². The van der Waals surface area contributed by atoms with Crippen molar-refractivity contribution in [1.29, 1.82) is 0 Å². The first kappa shape index (κ1) is 16.6. The van der Waals surface area contributed by atoms with E-state index in [0.717, 1.165) is 25.0 Å². The van der Waals surface area contributed by atoms with E-state index in [9.17, 15) is 13.2 Å². The molecule has 1 saturated carbocycles. The van der Waals surface area contributed by atoms with Crippen LogP contribution in [-0.2, 0) is 12.0 Å². The van der Waals surface area contributed by atoms with E-state index in [1.807, 2.05) is 0 Å². The molecule has 1 aliphatic heterocycles. The monoisotopic (exact) mass is 408 g/mol. The summed E-state index contributed by atoms with van der Waals surface area (Å²) in [6.07, 6.45) is -1.11. The number of nitrogens with zero attached hydrogens (tertiary/aromatic N) is 1. The molecule has 1 fully saturated rings. The third-order valence-electron chi connectivity index (χ3n) is 3.53. The van der Waals surface area contributed by atoms with Crippen LogP contribution in [0.15, 0.2) is 38.5 Å². The average molecular weight is 410 g/mol. The van der Waals surface area contributed by atoms with Crippen molar-refractivity contribution >= 4 is 33.7 Å². The Hall–Kier alpha value is -1.25. The third-order valence-corrected chi connectivity index (χ3v) is 4.27. The highest BCUT2D eigenvalue weighted by atomic mass is 79.9. The van der Waals surface area contributed by atoms with E-state index in [1.165, 1.54) is 12.3 Å². The highest BCUT2D eigenvalue weighted by Crippen LogP contribution is 2.35. The summed E-state index contributed by atoms with van der Waals surface area (Å²) in [6.45, 7) is 0. The topological polar surface area (TPSA) is 62.4 Å². The summed E-state index contributed by atoms with van der Waals surface area (Å²) in [4.78, 5) is 4.08. The minimum atomic E-state index is -4.48. The normalized spacial score (nSPS) is 24.6. The summed E-state index contributed by atoms with van der Waals surface area (Å²) in [5.41, 5.74) is 5.55. The van der Waals surface area contributed by atoms with Gasteiger partial charge in [0.2, 0.25) is 5.79 Å². The largest absolute Gasteiger partial charge is 0.416 e. The van der Waals surface area contributed by atoms with Gasteiger partial charge in [0.05, 0.1) is 10.6 Å². The van der Waals surface area contributed by atoms with Gasteiger partial charge in [-0.3, -0.25) is 5.73 Å². The number of benzene rings is 1. The molecule has 124 valence electrons. The number of hydrogen-bond donors (Lipinski definition) is 3. The zero-order chi connectivity index (χ0) is 16.8. The summed E-state index contributed by atoms with van der Waals surface area (Å²) in [6, 6.07) is 3.76. The lowest BCUT2D eigenvalue weighted by molar-refractivity contribution is -0.137. The molecule has 3 rings (SSSR count). The molecule has 9 heteroatoms. The van der Waals surface area contributed by atoms with Crippen molar-refractivity contribution in [1.82, 2.24) is 10.6 Å².